The van der Waals surface area contributed by atoms with Crippen LogP contribution < -0.4 is 14.2 Å². The Kier molecular flexibility index (Phi) is 5.34. The molecule has 2 aromatic rings. The topological polar surface area (TPSA) is 48.0 Å². The summed E-state index contributed by atoms with van der Waals surface area (Å²) in [6.45, 7) is 0.700. The quantitative estimate of drug-likeness (QED) is 0.787. The number of carbonyl (C=O) groups excluding carboxylic acids is 1. The zero-order valence-corrected chi connectivity index (χ0v) is 15.0. The molecule has 0 saturated heterocycles. The van der Waals surface area contributed by atoms with Gasteiger partial charge < -0.3 is 19.1 Å². The van der Waals surface area contributed by atoms with Crippen molar-refractivity contribution in [1.82, 2.24) is 4.90 Å². The van der Waals surface area contributed by atoms with E-state index in [1.54, 1.807) is 25.1 Å². The van der Waals surface area contributed by atoms with Gasteiger partial charge in [-0.15, -0.1) is 0 Å². The molecule has 0 spiro atoms. The summed E-state index contributed by atoms with van der Waals surface area (Å²) in [5.41, 5.74) is 1.93. The highest BCUT2D eigenvalue weighted by Gasteiger charge is 2.15. The number of rotatable bonds is 6. The van der Waals surface area contributed by atoms with Gasteiger partial charge in [0.2, 0.25) is 12.7 Å². The van der Waals surface area contributed by atoms with Crippen molar-refractivity contribution in [2.45, 2.75) is 19.4 Å². The summed E-state index contributed by atoms with van der Waals surface area (Å²) in [6, 6.07) is 11.2. The van der Waals surface area contributed by atoms with Crippen molar-refractivity contribution in [3.63, 3.8) is 0 Å². The van der Waals surface area contributed by atoms with Gasteiger partial charge >= 0.3 is 0 Å². The van der Waals surface area contributed by atoms with Gasteiger partial charge in [-0.25, -0.2) is 0 Å². The van der Waals surface area contributed by atoms with Crippen LogP contribution in [0, 0.1) is 0 Å². The van der Waals surface area contributed by atoms with Crippen LogP contribution in [0.2, 0.25) is 5.02 Å². The molecule has 25 heavy (non-hydrogen) atoms. The van der Waals surface area contributed by atoms with Gasteiger partial charge in [-0.05, 0) is 42.3 Å². The molecule has 1 heterocycles. The van der Waals surface area contributed by atoms with E-state index < -0.39 is 0 Å². The van der Waals surface area contributed by atoms with Crippen molar-refractivity contribution in [3.8, 4) is 17.2 Å². The molecular weight excluding hydrogens is 342 g/mol. The largest absolute Gasteiger partial charge is 0.496 e. The minimum absolute atomic E-state index is 0.0553. The van der Waals surface area contributed by atoms with Crippen molar-refractivity contribution in [2.75, 3.05) is 21.0 Å². The standard InChI is InChI=1S/C19H20ClNO4/c1-21(11-14-10-15(20)5-7-16(14)23-2)19(22)8-4-13-3-6-17-18(9-13)25-12-24-17/h3,5-7,9-10H,4,8,11-12H2,1-2H3. The lowest BCUT2D eigenvalue weighted by atomic mass is 10.1. The van der Waals surface area contributed by atoms with E-state index in [9.17, 15) is 4.79 Å². The number of halogens is 1. The van der Waals surface area contributed by atoms with E-state index in [1.807, 2.05) is 30.3 Å². The highest BCUT2D eigenvalue weighted by atomic mass is 35.5. The average Bonchev–Trinajstić information content (AvgIpc) is 3.07. The number of fused-ring (bicyclic) bond motifs is 1. The van der Waals surface area contributed by atoms with Crippen LogP contribution in [-0.4, -0.2) is 31.8 Å². The smallest absolute Gasteiger partial charge is 0.231 e. The van der Waals surface area contributed by atoms with Crippen molar-refractivity contribution in [2.24, 2.45) is 0 Å². The van der Waals surface area contributed by atoms with E-state index in [0.717, 1.165) is 28.4 Å². The lowest BCUT2D eigenvalue weighted by molar-refractivity contribution is -0.130. The zero-order chi connectivity index (χ0) is 17.8. The number of nitrogens with zero attached hydrogens (tertiary/aromatic N) is 1. The van der Waals surface area contributed by atoms with Gasteiger partial charge in [-0.2, -0.15) is 0 Å². The number of methoxy groups -OCH3 is 1. The first-order valence-corrected chi connectivity index (χ1v) is 8.39. The normalized spacial score (nSPS) is 12.1. The fourth-order valence-electron chi connectivity index (χ4n) is 2.75. The van der Waals surface area contributed by atoms with Gasteiger partial charge in [0.1, 0.15) is 5.75 Å². The first-order valence-electron chi connectivity index (χ1n) is 8.01. The third-order valence-corrected chi connectivity index (χ3v) is 4.38. The molecular formula is C19H20ClNO4. The molecule has 1 aliphatic heterocycles. The molecule has 1 aliphatic rings. The second kappa shape index (κ2) is 7.66. The van der Waals surface area contributed by atoms with Crippen LogP contribution in [0.1, 0.15) is 17.5 Å². The van der Waals surface area contributed by atoms with Crippen LogP contribution in [-0.2, 0) is 17.8 Å². The summed E-state index contributed by atoms with van der Waals surface area (Å²) in [6.07, 6.45) is 1.06. The van der Waals surface area contributed by atoms with E-state index in [1.165, 1.54) is 0 Å². The lowest BCUT2D eigenvalue weighted by Crippen LogP contribution is -2.26. The second-order valence-electron chi connectivity index (χ2n) is 5.89. The number of hydrogen-bond donors (Lipinski definition) is 0. The van der Waals surface area contributed by atoms with E-state index in [2.05, 4.69) is 0 Å². The second-order valence-corrected chi connectivity index (χ2v) is 6.33. The maximum Gasteiger partial charge on any atom is 0.231 e. The van der Waals surface area contributed by atoms with Gasteiger partial charge in [-0.3, -0.25) is 4.79 Å². The summed E-state index contributed by atoms with van der Waals surface area (Å²) >= 11 is 6.04. The summed E-state index contributed by atoms with van der Waals surface area (Å²) in [4.78, 5) is 14.1. The number of aryl methyl sites for hydroxylation is 1. The average molecular weight is 362 g/mol. The third kappa shape index (κ3) is 4.17. The van der Waals surface area contributed by atoms with E-state index in [0.29, 0.717) is 24.4 Å². The molecule has 5 nitrogen and oxygen atoms in total. The fraction of sp³-hybridized carbons (Fsp3) is 0.316. The molecule has 1 amide bonds. The van der Waals surface area contributed by atoms with Crippen molar-refractivity contribution >= 4 is 17.5 Å². The maximum atomic E-state index is 12.4. The molecule has 0 N–H and O–H groups in total. The van der Waals surface area contributed by atoms with Gasteiger partial charge in [0, 0.05) is 30.6 Å². The molecule has 132 valence electrons. The summed E-state index contributed by atoms with van der Waals surface area (Å²) in [5, 5.41) is 0.622. The Morgan fingerprint density at radius 1 is 1.20 bits per heavy atom. The Balaban J connectivity index is 1.59. The molecule has 0 atom stereocenters. The molecule has 0 saturated carbocycles. The molecule has 3 rings (SSSR count). The van der Waals surface area contributed by atoms with Gasteiger partial charge in [0.25, 0.3) is 0 Å². The summed E-state index contributed by atoms with van der Waals surface area (Å²) in [7, 11) is 3.39. The monoisotopic (exact) mass is 361 g/mol. The zero-order valence-electron chi connectivity index (χ0n) is 14.3. The minimum atomic E-state index is 0.0553. The molecule has 0 aliphatic carbocycles. The van der Waals surface area contributed by atoms with E-state index in [-0.39, 0.29) is 12.7 Å². The summed E-state index contributed by atoms with van der Waals surface area (Å²) in [5.74, 6) is 2.27. The maximum absolute atomic E-state index is 12.4. The van der Waals surface area contributed by atoms with E-state index in [4.69, 9.17) is 25.8 Å². The van der Waals surface area contributed by atoms with Crippen LogP contribution in [0.5, 0.6) is 17.2 Å². The van der Waals surface area contributed by atoms with Gasteiger partial charge in [0.05, 0.1) is 7.11 Å². The number of amides is 1. The summed E-state index contributed by atoms with van der Waals surface area (Å²) < 4.78 is 16.0. The highest BCUT2D eigenvalue weighted by molar-refractivity contribution is 6.30. The first kappa shape index (κ1) is 17.4. The van der Waals surface area contributed by atoms with Crippen molar-refractivity contribution in [1.29, 1.82) is 0 Å². The SMILES string of the molecule is COc1ccc(Cl)cc1CN(C)C(=O)CCc1ccc2c(c1)OCO2. The van der Waals surface area contributed by atoms with Crippen LogP contribution in [0.15, 0.2) is 36.4 Å². The Hall–Kier alpha value is -2.40. The predicted octanol–water partition coefficient (Wildman–Crippen LogP) is 3.67. The predicted molar refractivity (Wildman–Crippen MR) is 95.4 cm³/mol. The van der Waals surface area contributed by atoms with Crippen molar-refractivity contribution < 1.29 is 19.0 Å². The molecule has 0 bridgehead atoms. The number of benzene rings is 2. The first-order chi connectivity index (χ1) is 12.1. The molecule has 0 aromatic heterocycles. The Morgan fingerprint density at radius 2 is 2.00 bits per heavy atom. The Morgan fingerprint density at radius 3 is 2.80 bits per heavy atom. The van der Waals surface area contributed by atoms with Gasteiger partial charge in [0.15, 0.2) is 11.5 Å². The highest BCUT2D eigenvalue weighted by Crippen LogP contribution is 2.32. The molecule has 6 heteroatoms. The van der Waals surface area contributed by atoms with E-state index >= 15 is 0 Å². The fourth-order valence-corrected chi connectivity index (χ4v) is 2.95. The third-order valence-electron chi connectivity index (χ3n) is 4.14. The van der Waals surface area contributed by atoms with Crippen LogP contribution in [0.4, 0.5) is 0 Å². The number of carbonyl (C=O) groups is 1. The Bertz CT molecular complexity index is 778. The van der Waals surface area contributed by atoms with Crippen LogP contribution >= 0.6 is 11.6 Å². The minimum Gasteiger partial charge on any atom is -0.496 e. The Labute approximate surface area is 152 Å². The number of ether oxygens (including phenoxy) is 3. The van der Waals surface area contributed by atoms with Gasteiger partial charge in [-0.1, -0.05) is 17.7 Å². The van der Waals surface area contributed by atoms with Crippen molar-refractivity contribution in [3.05, 3.63) is 52.5 Å². The van der Waals surface area contributed by atoms with Crippen LogP contribution in [0.25, 0.3) is 0 Å². The van der Waals surface area contributed by atoms with Crippen LogP contribution in [0.3, 0.4) is 0 Å². The lowest BCUT2D eigenvalue weighted by Gasteiger charge is -2.19. The molecule has 2 aromatic carbocycles. The molecule has 0 radical (unpaired) electrons. The molecule has 0 fully saturated rings. The molecule has 0 unspecified atom stereocenters. The number of hydrogen-bond acceptors (Lipinski definition) is 4.